The molecule has 0 aliphatic carbocycles. The summed E-state index contributed by atoms with van der Waals surface area (Å²) < 4.78 is 21.6. The van der Waals surface area contributed by atoms with Crippen molar-refractivity contribution in [1.82, 2.24) is 10.6 Å². The van der Waals surface area contributed by atoms with E-state index >= 15 is 0 Å². The van der Waals surface area contributed by atoms with E-state index in [0.717, 1.165) is 6.92 Å². The number of hydrogen-bond acceptors (Lipinski definition) is 16. The first-order valence-electron chi connectivity index (χ1n) is 13.3. The van der Waals surface area contributed by atoms with Crippen molar-refractivity contribution in [2.75, 3.05) is 46.3 Å². The molecule has 0 aliphatic heterocycles. The average Bonchev–Trinajstić information content (AvgIpc) is 2.98. The van der Waals surface area contributed by atoms with Crippen LogP contribution in [-0.4, -0.2) is 176 Å². The minimum absolute atomic E-state index is 0.388. The van der Waals surface area contributed by atoms with Gasteiger partial charge in [0, 0.05) is 33.4 Å². The zero-order valence-corrected chi connectivity index (χ0v) is 24.2. The van der Waals surface area contributed by atoms with Crippen LogP contribution >= 0.6 is 0 Å². The third-order valence-electron chi connectivity index (χ3n) is 6.14. The zero-order chi connectivity index (χ0) is 33.3. The van der Waals surface area contributed by atoms with Gasteiger partial charge in [0.05, 0.1) is 26.4 Å². The lowest BCUT2D eigenvalue weighted by Gasteiger charge is -2.37. The smallest absolute Gasteiger partial charge is 0.364 e. The van der Waals surface area contributed by atoms with Gasteiger partial charge in [-0.05, 0) is 0 Å². The van der Waals surface area contributed by atoms with E-state index in [0.29, 0.717) is 0 Å². The highest BCUT2D eigenvalue weighted by Gasteiger charge is 2.45. The third-order valence-corrected chi connectivity index (χ3v) is 6.14. The summed E-state index contributed by atoms with van der Waals surface area (Å²) >= 11 is 0. The number of aliphatic carboxylic acids is 1. The molecule has 0 aliphatic rings. The quantitative estimate of drug-likeness (QED) is 0.0439. The average molecular weight is 635 g/mol. The molecule has 19 nitrogen and oxygen atoms in total. The van der Waals surface area contributed by atoms with Crippen molar-refractivity contribution in [1.29, 1.82) is 0 Å². The lowest BCUT2D eigenvalue weighted by molar-refractivity contribution is -0.290. The lowest BCUT2D eigenvalue weighted by atomic mass is 10.1. The van der Waals surface area contributed by atoms with Crippen LogP contribution in [0.15, 0.2) is 0 Å². The molecule has 0 radical (unpaired) electrons. The molecule has 0 rings (SSSR count). The molecule has 19 heteroatoms. The standard InChI is InChI=1S/C24H46N2O17/c1-4-24(23(38)39,43-18(6-26-13(3)31)20(36)15(33)7-27)42-10-19(21(37)16(34)8-28)40-11-41-22(17(35)9-29)14(32)5-25-12(2)30/h14-22,27-29,32-37H,4-11H2,1-3H3,(H,25,30)(H,26,31)(H,38,39)/t14?,15-,16?,17?,18?,19?,20-,21-,22+,24-/m1/s1. The van der Waals surface area contributed by atoms with E-state index in [1.54, 1.807) is 0 Å². The van der Waals surface area contributed by atoms with Crippen LogP contribution in [0.1, 0.15) is 27.2 Å². The summed E-state index contributed by atoms with van der Waals surface area (Å²) in [5.41, 5.74) is 0. The maximum absolute atomic E-state index is 12.3. The molecule has 0 bridgehead atoms. The van der Waals surface area contributed by atoms with Crippen molar-refractivity contribution in [2.24, 2.45) is 0 Å². The Balaban J connectivity index is 5.96. The molecular formula is C24H46N2O17. The first-order chi connectivity index (χ1) is 20.1. The molecule has 10 atom stereocenters. The summed E-state index contributed by atoms with van der Waals surface area (Å²) in [6.45, 7) is -1.88. The van der Waals surface area contributed by atoms with E-state index in [1.807, 2.05) is 0 Å². The Hall–Kier alpha value is -2.11. The van der Waals surface area contributed by atoms with E-state index in [-0.39, 0.29) is 6.54 Å². The Bertz CT molecular complexity index is 823. The summed E-state index contributed by atoms with van der Waals surface area (Å²) in [6, 6.07) is 0. The van der Waals surface area contributed by atoms with Gasteiger partial charge in [0.1, 0.15) is 61.7 Å². The van der Waals surface area contributed by atoms with Gasteiger partial charge < -0.3 is 80.6 Å². The van der Waals surface area contributed by atoms with Crippen LogP contribution in [0.25, 0.3) is 0 Å². The van der Waals surface area contributed by atoms with Crippen LogP contribution in [0.3, 0.4) is 0 Å². The summed E-state index contributed by atoms with van der Waals surface area (Å²) in [7, 11) is 0. The number of ether oxygens (including phenoxy) is 4. The van der Waals surface area contributed by atoms with E-state index in [9.17, 15) is 65.4 Å². The molecule has 0 saturated heterocycles. The Morgan fingerprint density at radius 1 is 0.721 bits per heavy atom. The predicted octanol–water partition coefficient (Wildman–Crippen LogP) is -6.28. The topological polar surface area (TPSA) is 314 Å². The van der Waals surface area contributed by atoms with Crippen molar-refractivity contribution in [2.45, 2.75) is 87.9 Å². The molecule has 0 aromatic carbocycles. The summed E-state index contributed by atoms with van der Waals surface area (Å²) in [4.78, 5) is 34.8. The highest BCUT2D eigenvalue weighted by molar-refractivity contribution is 5.75. The van der Waals surface area contributed by atoms with Gasteiger partial charge in [-0.2, -0.15) is 0 Å². The normalized spacial score (nSPS) is 19.5. The second-order valence-corrected chi connectivity index (χ2v) is 9.51. The maximum Gasteiger partial charge on any atom is 0.364 e. The second-order valence-electron chi connectivity index (χ2n) is 9.51. The molecule has 2 amide bonds. The van der Waals surface area contributed by atoms with Gasteiger partial charge >= 0.3 is 5.97 Å². The predicted molar refractivity (Wildman–Crippen MR) is 141 cm³/mol. The number of carbonyl (C=O) groups is 3. The first-order valence-corrected chi connectivity index (χ1v) is 13.3. The van der Waals surface area contributed by atoms with E-state index in [2.05, 4.69) is 10.6 Å². The van der Waals surface area contributed by atoms with E-state index in [4.69, 9.17) is 18.9 Å². The molecule has 5 unspecified atom stereocenters. The highest BCUT2D eigenvalue weighted by Crippen LogP contribution is 2.24. The summed E-state index contributed by atoms with van der Waals surface area (Å²) in [6.07, 6.45) is -16.1. The van der Waals surface area contributed by atoms with Crippen molar-refractivity contribution in [3.05, 3.63) is 0 Å². The minimum Gasteiger partial charge on any atom is -0.477 e. The number of carboxylic acid groups (broad SMARTS) is 1. The molecule has 0 heterocycles. The molecule has 254 valence electrons. The molecule has 12 N–H and O–H groups in total. The Morgan fingerprint density at radius 2 is 1.21 bits per heavy atom. The summed E-state index contributed by atoms with van der Waals surface area (Å²) in [5.74, 6) is -5.49. The fraction of sp³-hybridized carbons (Fsp3) is 0.875. The number of hydrogen-bond donors (Lipinski definition) is 12. The van der Waals surface area contributed by atoms with Crippen LogP contribution in [0.2, 0.25) is 0 Å². The SMILES string of the molecule is CC[C@@](OCC(OCO[C@H](C(O)CO)C(O)CNC(C)=O)[C@H](O)C(O)CO)(OC(CNC(C)=O)[C@H](O)[C@H](O)CO)C(=O)O. The molecule has 0 saturated carbocycles. The summed E-state index contributed by atoms with van der Waals surface area (Å²) in [5, 5.41) is 103. The van der Waals surface area contributed by atoms with Gasteiger partial charge in [0.25, 0.3) is 5.79 Å². The van der Waals surface area contributed by atoms with Gasteiger partial charge in [0.2, 0.25) is 11.8 Å². The van der Waals surface area contributed by atoms with E-state index < -0.39 is 125 Å². The van der Waals surface area contributed by atoms with Gasteiger partial charge in [-0.25, -0.2) is 4.79 Å². The van der Waals surface area contributed by atoms with Gasteiger partial charge in [-0.15, -0.1) is 0 Å². The number of carbonyl (C=O) groups excluding carboxylic acids is 2. The van der Waals surface area contributed by atoms with Crippen LogP contribution in [0.4, 0.5) is 0 Å². The number of rotatable bonds is 24. The van der Waals surface area contributed by atoms with Gasteiger partial charge in [-0.1, -0.05) is 6.92 Å². The molecule has 0 aromatic rings. The van der Waals surface area contributed by atoms with Crippen LogP contribution in [0.5, 0.6) is 0 Å². The Kier molecular flexibility index (Phi) is 19.8. The maximum atomic E-state index is 12.3. The van der Waals surface area contributed by atoms with Crippen molar-refractivity contribution in [3.8, 4) is 0 Å². The van der Waals surface area contributed by atoms with E-state index in [1.165, 1.54) is 13.8 Å². The monoisotopic (exact) mass is 634 g/mol. The zero-order valence-electron chi connectivity index (χ0n) is 24.2. The Labute approximate surface area is 247 Å². The second kappa shape index (κ2) is 20.8. The van der Waals surface area contributed by atoms with Crippen molar-refractivity contribution >= 4 is 17.8 Å². The largest absolute Gasteiger partial charge is 0.477 e. The molecule has 0 spiro atoms. The number of amides is 2. The number of aliphatic hydroxyl groups excluding tert-OH is 9. The van der Waals surface area contributed by atoms with Crippen LogP contribution in [-0.2, 0) is 33.3 Å². The highest BCUT2D eigenvalue weighted by atomic mass is 16.7. The molecule has 0 fully saturated rings. The molecular weight excluding hydrogens is 588 g/mol. The lowest BCUT2D eigenvalue weighted by Crippen LogP contribution is -2.56. The number of aliphatic hydroxyl groups is 9. The first kappa shape index (κ1) is 40.9. The van der Waals surface area contributed by atoms with Crippen LogP contribution < -0.4 is 10.6 Å². The van der Waals surface area contributed by atoms with Crippen LogP contribution in [0, 0.1) is 0 Å². The fourth-order valence-corrected chi connectivity index (χ4v) is 3.53. The molecule has 0 aromatic heterocycles. The number of nitrogens with one attached hydrogen (secondary N) is 2. The number of carboxylic acids is 1. The van der Waals surface area contributed by atoms with Crippen molar-refractivity contribution in [3.63, 3.8) is 0 Å². The third kappa shape index (κ3) is 14.0. The minimum atomic E-state index is -2.63. The van der Waals surface area contributed by atoms with Gasteiger partial charge in [0.15, 0.2) is 0 Å². The molecule has 43 heavy (non-hydrogen) atoms. The fourth-order valence-electron chi connectivity index (χ4n) is 3.53. The van der Waals surface area contributed by atoms with Gasteiger partial charge in [-0.3, -0.25) is 9.59 Å². The Morgan fingerprint density at radius 3 is 1.65 bits per heavy atom. The van der Waals surface area contributed by atoms with Crippen molar-refractivity contribution < 1.29 is 84.4 Å².